The molecule has 0 aromatic heterocycles. The smallest absolute Gasteiger partial charge is 0.253 e. The highest BCUT2D eigenvalue weighted by Gasteiger charge is 2.13. The van der Waals surface area contributed by atoms with Gasteiger partial charge in [0.05, 0.1) is 5.56 Å². The highest BCUT2D eigenvalue weighted by Crippen LogP contribution is 2.17. The molecule has 3 nitrogen and oxygen atoms in total. The van der Waals surface area contributed by atoms with Gasteiger partial charge in [-0.25, -0.2) is 0 Å². The molecule has 0 spiro atoms. The molecule has 0 aliphatic rings. The Morgan fingerprint density at radius 3 is 2.74 bits per heavy atom. The minimum Gasteiger partial charge on any atom is -0.385 e. The predicted molar refractivity (Wildman–Crippen MR) is 85.3 cm³/mol. The van der Waals surface area contributed by atoms with E-state index in [4.69, 9.17) is 0 Å². The molecular weight excluding hydrogens is 256 g/mol. The maximum atomic E-state index is 12.3. The second kappa shape index (κ2) is 8.10. The van der Waals surface area contributed by atoms with Gasteiger partial charge in [-0.3, -0.25) is 4.79 Å². The van der Waals surface area contributed by atoms with E-state index in [9.17, 15) is 4.79 Å². The van der Waals surface area contributed by atoms with Crippen LogP contribution in [0.2, 0.25) is 0 Å². The molecule has 0 fully saturated rings. The number of anilines is 1. The molecule has 19 heavy (non-hydrogen) atoms. The van der Waals surface area contributed by atoms with Gasteiger partial charge in [-0.05, 0) is 44.2 Å². The van der Waals surface area contributed by atoms with Crippen LogP contribution in [-0.4, -0.2) is 30.0 Å². The molecule has 0 bridgehead atoms. The number of thioether (sulfide) groups is 1. The number of aryl methyl sites for hydroxylation is 1. The third-order valence-electron chi connectivity index (χ3n) is 2.74. The van der Waals surface area contributed by atoms with Gasteiger partial charge >= 0.3 is 0 Å². The van der Waals surface area contributed by atoms with Crippen LogP contribution < -0.4 is 10.6 Å². The van der Waals surface area contributed by atoms with E-state index in [1.54, 1.807) is 0 Å². The number of carbonyl (C=O) groups is 1. The summed E-state index contributed by atoms with van der Waals surface area (Å²) >= 11 is 1.84. The van der Waals surface area contributed by atoms with E-state index in [1.165, 1.54) is 0 Å². The summed E-state index contributed by atoms with van der Waals surface area (Å²) in [6, 6.07) is 6.07. The van der Waals surface area contributed by atoms with Gasteiger partial charge in [-0.2, -0.15) is 11.8 Å². The van der Waals surface area contributed by atoms with Gasteiger partial charge in [0.15, 0.2) is 0 Å². The van der Waals surface area contributed by atoms with Crippen LogP contribution in [0.4, 0.5) is 5.69 Å². The van der Waals surface area contributed by atoms with Crippen molar-refractivity contribution in [1.29, 1.82) is 0 Å². The summed E-state index contributed by atoms with van der Waals surface area (Å²) < 4.78 is 0. The summed E-state index contributed by atoms with van der Waals surface area (Å²) in [5, 5.41) is 6.30. The predicted octanol–water partition coefficient (Wildman–Crippen LogP) is 3.30. The van der Waals surface area contributed by atoms with Crippen LogP contribution in [0, 0.1) is 6.92 Å². The largest absolute Gasteiger partial charge is 0.385 e. The fourth-order valence-corrected chi connectivity index (χ4v) is 2.50. The van der Waals surface area contributed by atoms with E-state index in [1.807, 2.05) is 50.7 Å². The minimum absolute atomic E-state index is 0.000142. The normalized spacial score (nSPS) is 12.0. The first-order valence-electron chi connectivity index (χ1n) is 6.81. The molecule has 1 aromatic rings. The number of rotatable bonds is 7. The van der Waals surface area contributed by atoms with Crippen LogP contribution in [-0.2, 0) is 0 Å². The highest BCUT2D eigenvalue weighted by molar-refractivity contribution is 7.99. The number of carbonyl (C=O) groups excluding carboxylic acids is 1. The summed E-state index contributed by atoms with van der Waals surface area (Å²) in [5.74, 6) is 2.03. The summed E-state index contributed by atoms with van der Waals surface area (Å²) in [4.78, 5) is 12.3. The Labute approximate surface area is 120 Å². The van der Waals surface area contributed by atoms with Crippen LogP contribution in [0.3, 0.4) is 0 Å². The molecule has 4 heteroatoms. The lowest BCUT2D eigenvalue weighted by atomic mass is 10.1. The number of nitrogens with one attached hydrogen (secondary N) is 2. The van der Waals surface area contributed by atoms with Crippen molar-refractivity contribution in [3.63, 3.8) is 0 Å². The van der Waals surface area contributed by atoms with E-state index < -0.39 is 0 Å². The summed E-state index contributed by atoms with van der Waals surface area (Å²) in [6.45, 7) is 9.04. The Morgan fingerprint density at radius 2 is 2.11 bits per heavy atom. The first kappa shape index (κ1) is 15.9. The molecule has 106 valence electrons. The van der Waals surface area contributed by atoms with Crippen LogP contribution in [0.5, 0.6) is 0 Å². The highest BCUT2D eigenvalue weighted by atomic mass is 32.2. The van der Waals surface area contributed by atoms with Gasteiger partial charge < -0.3 is 10.6 Å². The molecule has 1 unspecified atom stereocenters. The fraction of sp³-hybridized carbons (Fsp3) is 0.533. The van der Waals surface area contributed by atoms with Crippen LogP contribution >= 0.6 is 11.8 Å². The summed E-state index contributed by atoms with van der Waals surface area (Å²) in [5.41, 5.74) is 2.79. The van der Waals surface area contributed by atoms with Crippen molar-refractivity contribution in [2.75, 3.05) is 23.4 Å². The zero-order valence-electron chi connectivity index (χ0n) is 12.2. The first-order chi connectivity index (χ1) is 9.08. The van der Waals surface area contributed by atoms with Crippen molar-refractivity contribution in [2.45, 2.75) is 33.7 Å². The second-order valence-corrected chi connectivity index (χ2v) is 5.93. The van der Waals surface area contributed by atoms with Gasteiger partial charge in [0, 0.05) is 24.0 Å². The van der Waals surface area contributed by atoms with Gasteiger partial charge in [0.25, 0.3) is 5.91 Å². The lowest BCUT2D eigenvalue weighted by molar-refractivity contribution is 0.0944. The van der Waals surface area contributed by atoms with E-state index in [0.717, 1.165) is 34.9 Å². The Balaban J connectivity index is 2.75. The van der Waals surface area contributed by atoms with Crippen molar-refractivity contribution in [1.82, 2.24) is 5.32 Å². The Hall–Kier alpha value is -1.16. The third kappa shape index (κ3) is 5.15. The van der Waals surface area contributed by atoms with Crippen molar-refractivity contribution in [3.8, 4) is 0 Å². The Kier molecular flexibility index (Phi) is 6.78. The van der Waals surface area contributed by atoms with Crippen LogP contribution in [0.15, 0.2) is 18.2 Å². The van der Waals surface area contributed by atoms with Gasteiger partial charge in [-0.15, -0.1) is 0 Å². The second-order valence-electron chi connectivity index (χ2n) is 4.61. The molecular formula is C15H24N2OS. The van der Waals surface area contributed by atoms with Crippen molar-refractivity contribution in [3.05, 3.63) is 29.3 Å². The topological polar surface area (TPSA) is 41.1 Å². The zero-order valence-corrected chi connectivity index (χ0v) is 13.1. The molecule has 0 heterocycles. The maximum Gasteiger partial charge on any atom is 0.253 e. The number of hydrogen-bond acceptors (Lipinski definition) is 3. The number of hydrogen-bond donors (Lipinski definition) is 2. The standard InChI is InChI=1S/C15H24N2OS/c1-5-16-14-9-11(3)7-8-13(14)15(18)17-12(4)10-19-6-2/h7-9,12,16H,5-6,10H2,1-4H3,(H,17,18). The van der Waals surface area contributed by atoms with Gasteiger partial charge in [-0.1, -0.05) is 13.0 Å². The molecule has 1 atom stereocenters. The average Bonchev–Trinajstić information content (AvgIpc) is 2.36. The lowest BCUT2D eigenvalue weighted by Crippen LogP contribution is -2.34. The van der Waals surface area contributed by atoms with Gasteiger partial charge in [0.2, 0.25) is 0 Å². The molecule has 0 aliphatic carbocycles. The first-order valence-corrected chi connectivity index (χ1v) is 7.97. The van der Waals surface area contributed by atoms with Crippen molar-refractivity contribution < 1.29 is 4.79 Å². The molecule has 2 N–H and O–H groups in total. The Bertz CT molecular complexity index is 421. The molecule has 1 rings (SSSR count). The van der Waals surface area contributed by atoms with Crippen molar-refractivity contribution in [2.24, 2.45) is 0 Å². The molecule has 0 saturated carbocycles. The van der Waals surface area contributed by atoms with Gasteiger partial charge in [0.1, 0.15) is 0 Å². The molecule has 1 aromatic carbocycles. The zero-order chi connectivity index (χ0) is 14.3. The number of benzene rings is 1. The molecule has 0 aliphatic heterocycles. The third-order valence-corrected chi connectivity index (χ3v) is 3.88. The molecule has 0 radical (unpaired) electrons. The average molecular weight is 280 g/mol. The fourth-order valence-electron chi connectivity index (χ4n) is 1.83. The van der Waals surface area contributed by atoms with E-state index in [0.29, 0.717) is 0 Å². The number of amides is 1. The van der Waals surface area contributed by atoms with E-state index >= 15 is 0 Å². The Morgan fingerprint density at radius 1 is 1.37 bits per heavy atom. The van der Waals surface area contributed by atoms with Crippen LogP contribution in [0.1, 0.15) is 36.7 Å². The van der Waals surface area contributed by atoms with E-state index in [-0.39, 0.29) is 11.9 Å². The van der Waals surface area contributed by atoms with E-state index in [2.05, 4.69) is 17.6 Å². The maximum absolute atomic E-state index is 12.3. The lowest BCUT2D eigenvalue weighted by Gasteiger charge is -2.16. The SMILES string of the molecule is CCNc1cc(C)ccc1C(=O)NC(C)CSCC. The quantitative estimate of drug-likeness (QED) is 0.805. The van der Waals surface area contributed by atoms with Crippen molar-refractivity contribution >= 4 is 23.4 Å². The summed E-state index contributed by atoms with van der Waals surface area (Å²) in [7, 11) is 0. The summed E-state index contributed by atoms with van der Waals surface area (Å²) in [6.07, 6.45) is 0. The monoisotopic (exact) mass is 280 g/mol. The minimum atomic E-state index is 0.000142. The molecule has 1 amide bonds. The van der Waals surface area contributed by atoms with Crippen LogP contribution in [0.25, 0.3) is 0 Å². The molecule has 0 saturated heterocycles.